The van der Waals surface area contributed by atoms with Crippen molar-refractivity contribution in [3.8, 4) is 0 Å². The SMILES string of the molecule is C=C(C(=O)N[C@@H](C)C(=O)N(C)[C@@H](C)C(=O)N[C@H](C(=O)N(C)[C@H](C(=O)O)[C@@H](C)OC)[C@H](OC(=O)[C@@H](NC(C)=O)[C@H](O)C(C)C)C(C)C)N(C)C(=O)[C@@H](Cc1ccccc1)OC(=O)[C@H](CC)NC(C)=O. The number of likely N-dealkylation sites (N-methyl/N-ethyl adjacent to an activating group) is 3. The summed E-state index contributed by atoms with van der Waals surface area (Å²) in [6.07, 6.45) is -5.48. The molecular weight excluding hydrogens is 891 g/mol. The van der Waals surface area contributed by atoms with Gasteiger partial charge in [-0.1, -0.05) is 71.5 Å². The van der Waals surface area contributed by atoms with E-state index >= 15 is 0 Å². The van der Waals surface area contributed by atoms with E-state index in [1.54, 1.807) is 51.1 Å². The number of aliphatic hydroxyl groups excluding tert-OH is 1. The van der Waals surface area contributed by atoms with Gasteiger partial charge in [-0.3, -0.25) is 33.6 Å². The van der Waals surface area contributed by atoms with Crippen LogP contribution in [0.5, 0.6) is 0 Å². The van der Waals surface area contributed by atoms with Crippen molar-refractivity contribution in [1.82, 2.24) is 36.0 Å². The van der Waals surface area contributed by atoms with Crippen molar-refractivity contribution in [3.63, 3.8) is 0 Å². The van der Waals surface area contributed by atoms with E-state index < -0.39 is 137 Å². The Balaban J connectivity index is 3.46. The van der Waals surface area contributed by atoms with E-state index in [0.29, 0.717) is 5.56 Å². The number of nitrogens with zero attached hydrogens (tertiary/aromatic N) is 3. The first-order chi connectivity index (χ1) is 31.5. The molecule has 7 amide bonds. The Labute approximate surface area is 397 Å². The molecule has 22 nitrogen and oxygen atoms in total. The van der Waals surface area contributed by atoms with Gasteiger partial charge < -0.3 is 60.4 Å². The van der Waals surface area contributed by atoms with Gasteiger partial charge in [0, 0.05) is 48.5 Å². The van der Waals surface area contributed by atoms with Crippen molar-refractivity contribution >= 4 is 59.3 Å². The van der Waals surface area contributed by atoms with Gasteiger partial charge in [0.2, 0.25) is 29.5 Å². The molecule has 0 bridgehead atoms. The largest absolute Gasteiger partial charge is 0.480 e. The van der Waals surface area contributed by atoms with Crippen molar-refractivity contribution in [2.24, 2.45) is 11.8 Å². The summed E-state index contributed by atoms with van der Waals surface area (Å²) in [7, 11) is 4.81. The number of rotatable bonds is 26. The van der Waals surface area contributed by atoms with Crippen LogP contribution >= 0.6 is 0 Å². The second-order valence-corrected chi connectivity index (χ2v) is 17.2. The molecule has 10 atom stereocenters. The van der Waals surface area contributed by atoms with E-state index in [-0.39, 0.29) is 12.8 Å². The molecule has 0 spiro atoms. The van der Waals surface area contributed by atoms with Gasteiger partial charge in [-0.2, -0.15) is 0 Å². The molecule has 6 N–H and O–H groups in total. The minimum atomic E-state index is -1.82. The summed E-state index contributed by atoms with van der Waals surface area (Å²) in [4.78, 5) is 135. The third-order valence-corrected chi connectivity index (χ3v) is 11.2. The number of carboxylic acids is 1. The average molecular weight is 962 g/mol. The lowest BCUT2D eigenvalue weighted by atomic mass is 9.95. The summed E-state index contributed by atoms with van der Waals surface area (Å²) in [6.45, 7) is 17.9. The lowest BCUT2D eigenvalue weighted by Crippen LogP contribution is -2.63. The van der Waals surface area contributed by atoms with E-state index in [4.69, 9.17) is 14.2 Å². The molecular formula is C46H71N7O15. The first-order valence-corrected chi connectivity index (χ1v) is 22.1. The maximum Gasteiger partial charge on any atom is 0.331 e. The Morgan fingerprint density at radius 3 is 1.74 bits per heavy atom. The number of carboxylic acid groups (broad SMARTS) is 1. The predicted molar refractivity (Wildman–Crippen MR) is 245 cm³/mol. The van der Waals surface area contributed by atoms with Crippen molar-refractivity contribution in [1.29, 1.82) is 0 Å². The fourth-order valence-corrected chi connectivity index (χ4v) is 6.73. The Hall–Kier alpha value is -6.42. The molecule has 380 valence electrons. The van der Waals surface area contributed by atoms with E-state index in [9.17, 15) is 58.2 Å². The highest BCUT2D eigenvalue weighted by molar-refractivity contribution is 6.01. The third-order valence-electron chi connectivity index (χ3n) is 11.2. The Morgan fingerprint density at radius 2 is 1.26 bits per heavy atom. The fraction of sp³-hybridized carbons (Fsp3) is 0.609. The molecule has 0 heterocycles. The molecule has 0 aliphatic rings. The highest BCUT2D eigenvalue weighted by atomic mass is 16.6. The van der Waals surface area contributed by atoms with Crippen LogP contribution in [0.3, 0.4) is 0 Å². The van der Waals surface area contributed by atoms with Gasteiger partial charge in [-0.15, -0.1) is 0 Å². The number of hydrogen-bond donors (Lipinski definition) is 6. The summed E-state index contributed by atoms with van der Waals surface area (Å²) in [5.41, 5.74) is 0.163. The van der Waals surface area contributed by atoms with Crippen LogP contribution in [0, 0.1) is 11.8 Å². The van der Waals surface area contributed by atoms with Gasteiger partial charge >= 0.3 is 17.9 Å². The topological polar surface area (TPSA) is 297 Å². The molecule has 1 aromatic rings. The third kappa shape index (κ3) is 17.0. The molecule has 1 rings (SSSR count). The molecule has 22 heteroatoms. The zero-order chi connectivity index (χ0) is 52.5. The van der Waals surface area contributed by atoms with Gasteiger partial charge in [0.05, 0.1) is 12.2 Å². The molecule has 0 aromatic heterocycles. The normalized spacial score (nSPS) is 15.5. The van der Waals surface area contributed by atoms with E-state index in [2.05, 4.69) is 27.8 Å². The standard InChI is InChI=1S/C46H71N7O15/c1-16-32(48-29(10)54)45(64)67-33(22-31-20-18-17-19-21-31)42(60)52(13)26(7)39(57)47-25(6)41(59)51(12)27(8)40(58)50-35(43(61)53(14)36(44(62)63)28(9)66-15)38(24(4)5)68-46(65)34(49-30(11)55)37(56)23(2)3/h17-21,23-25,27-28,32-38,56H,7,16,22H2,1-6,8-15H3,(H,47,57)(H,48,54)(H,49,55)(H,50,58)(H,62,63)/t25-,27-,28+,32-,33+,34-,35-,36-,37+,38+/m0/s1. The van der Waals surface area contributed by atoms with Crippen LogP contribution in [0.2, 0.25) is 0 Å². The van der Waals surface area contributed by atoms with Crippen molar-refractivity contribution in [2.45, 2.75) is 143 Å². The first kappa shape index (κ1) is 59.6. The summed E-state index contributed by atoms with van der Waals surface area (Å²) < 4.78 is 16.6. The number of benzene rings is 1. The number of aliphatic carboxylic acids is 1. The summed E-state index contributed by atoms with van der Waals surface area (Å²) in [5.74, 6) is -10.7. The molecule has 68 heavy (non-hydrogen) atoms. The summed E-state index contributed by atoms with van der Waals surface area (Å²) in [6, 6.07) is -0.302. The van der Waals surface area contributed by atoms with Crippen LogP contribution in [-0.4, -0.2) is 173 Å². The molecule has 0 unspecified atom stereocenters. The van der Waals surface area contributed by atoms with Crippen LogP contribution < -0.4 is 21.3 Å². The number of esters is 2. The zero-order valence-electron chi connectivity index (χ0n) is 41.5. The first-order valence-electron chi connectivity index (χ1n) is 22.1. The van der Waals surface area contributed by atoms with Crippen molar-refractivity contribution < 1.29 is 72.4 Å². The van der Waals surface area contributed by atoms with Gasteiger partial charge in [0.25, 0.3) is 11.8 Å². The van der Waals surface area contributed by atoms with Crippen LogP contribution in [0.4, 0.5) is 0 Å². The van der Waals surface area contributed by atoms with E-state index in [1.165, 1.54) is 62.7 Å². The van der Waals surface area contributed by atoms with Crippen LogP contribution in [0.15, 0.2) is 42.6 Å². The maximum atomic E-state index is 14.3. The number of hydrogen-bond acceptors (Lipinski definition) is 14. The summed E-state index contributed by atoms with van der Waals surface area (Å²) >= 11 is 0. The fourth-order valence-electron chi connectivity index (χ4n) is 6.73. The molecule has 0 aliphatic carbocycles. The van der Waals surface area contributed by atoms with Crippen LogP contribution in [-0.2, 0) is 68.6 Å². The Morgan fingerprint density at radius 1 is 0.706 bits per heavy atom. The molecule has 1 aromatic carbocycles. The highest BCUT2D eigenvalue weighted by Gasteiger charge is 2.44. The Bertz CT molecular complexity index is 1980. The average Bonchev–Trinajstić information content (AvgIpc) is 3.28. The number of ether oxygens (including phenoxy) is 3. The number of amides is 7. The molecule has 0 fully saturated rings. The van der Waals surface area contributed by atoms with Crippen molar-refractivity contribution in [2.75, 3.05) is 28.3 Å². The quantitative estimate of drug-likeness (QED) is 0.0522. The molecule has 0 aliphatic heterocycles. The lowest BCUT2D eigenvalue weighted by molar-refractivity contribution is -0.167. The molecule has 0 saturated carbocycles. The van der Waals surface area contributed by atoms with E-state index in [0.717, 1.165) is 28.7 Å². The second kappa shape index (κ2) is 27.4. The number of nitrogens with one attached hydrogen (secondary N) is 4. The van der Waals surface area contributed by atoms with E-state index in [1.807, 2.05) is 0 Å². The number of carbonyl (C=O) groups is 10. The smallest absolute Gasteiger partial charge is 0.331 e. The zero-order valence-corrected chi connectivity index (χ0v) is 41.5. The van der Waals surface area contributed by atoms with Crippen LogP contribution in [0.25, 0.3) is 0 Å². The van der Waals surface area contributed by atoms with Gasteiger partial charge in [0.15, 0.2) is 18.2 Å². The van der Waals surface area contributed by atoms with Gasteiger partial charge in [-0.25, -0.2) is 14.4 Å². The van der Waals surface area contributed by atoms with Gasteiger partial charge in [-0.05, 0) is 44.6 Å². The highest BCUT2D eigenvalue weighted by Crippen LogP contribution is 2.20. The maximum absolute atomic E-state index is 14.3. The number of carbonyl (C=O) groups excluding carboxylic acids is 9. The Kier molecular flexibility index (Phi) is 24.0. The molecule has 0 radical (unpaired) electrons. The minimum Gasteiger partial charge on any atom is -0.480 e. The van der Waals surface area contributed by atoms with Crippen LogP contribution in [0.1, 0.15) is 81.2 Å². The number of methoxy groups -OCH3 is 1. The minimum absolute atomic E-state index is 0.102. The number of aliphatic hydroxyl groups is 1. The molecule has 0 saturated heterocycles. The summed E-state index contributed by atoms with van der Waals surface area (Å²) in [5, 5.41) is 30.6. The van der Waals surface area contributed by atoms with Crippen molar-refractivity contribution in [3.05, 3.63) is 48.2 Å². The lowest BCUT2D eigenvalue weighted by Gasteiger charge is -2.37. The monoisotopic (exact) mass is 962 g/mol. The second-order valence-electron chi connectivity index (χ2n) is 17.2. The van der Waals surface area contributed by atoms with Gasteiger partial charge in [0.1, 0.15) is 36.0 Å². The predicted octanol–water partition coefficient (Wildman–Crippen LogP) is -0.1000.